The Kier molecular flexibility index (Phi) is 6.86. The van der Waals surface area contributed by atoms with Gasteiger partial charge in [0.2, 0.25) is 11.2 Å². The molecular weight excluding hydrogens is 663 g/mol. The highest BCUT2D eigenvalue weighted by Crippen LogP contribution is 2.73. The lowest BCUT2D eigenvalue weighted by Crippen LogP contribution is -2.73. The molecule has 3 atom stereocenters. The summed E-state index contributed by atoms with van der Waals surface area (Å²) in [7, 11) is 0. The molecule has 1 spiro atoms. The zero-order chi connectivity index (χ0) is 36.2. The molecule has 4 heteroatoms. The van der Waals surface area contributed by atoms with E-state index in [9.17, 15) is 0 Å². The van der Waals surface area contributed by atoms with E-state index in [1.54, 1.807) is 22.5 Å². The average Bonchev–Trinajstić information content (AvgIpc) is 3.63. The van der Waals surface area contributed by atoms with Crippen molar-refractivity contribution in [2.75, 3.05) is 0 Å². The number of fused-ring (bicyclic) bond motifs is 16. The zero-order valence-corrected chi connectivity index (χ0v) is 33.9. The van der Waals surface area contributed by atoms with Crippen molar-refractivity contribution in [1.82, 2.24) is 4.90 Å². The first kappa shape index (κ1) is 32.9. The van der Waals surface area contributed by atoms with Gasteiger partial charge in [0.25, 0.3) is 11.9 Å². The van der Waals surface area contributed by atoms with Crippen LogP contribution in [0.25, 0.3) is 42.7 Å². The zero-order valence-electron chi connectivity index (χ0n) is 33.1. The quantitative estimate of drug-likeness (QED) is 0.169. The van der Waals surface area contributed by atoms with Gasteiger partial charge < -0.3 is 0 Å². The third-order valence-corrected chi connectivity index (χ3v) is 16.0. The van der Waals surface area contributed by atoms with Crippen molar-refractivity contribution in [3.05, 3.63) is 89.0 Å². The summed E-state index contributed by atoms with van der Waals surface area (Å²) in [6.45, 7) is 17.2. The monoisotopic (exact) mass is 719 g/mol. The molecule has 5 aromatic rings. The van der Waals surface area contributed by atoms with E-state index >= 15 is 0 Å². The van der Waals surface area contributed by atoms with Crippen molar-refractivity contribution in [1.29, 1.82) is 0 Å². The molecule has 2 aliphatic heterocycles. The van der Waals surface area contributed by atoms with Crippen LogP contribution in [-0.4, -0.2) is 33.1 Å². The molecule has 0 saturated heterocycles. The molecule has 0 bridgehead atoms. The molecule has 4 aliphatic carbocycles. The van der Waals surface area contributed by atoms with Crippen LogP contribution in [0.4, 0.5) is 0 Å². The molecule has 2 aromatic heterocycles. The van der Waals surface area contributed by atoms with Crippen LogP contribution in [0, 0.1) is 5.92 Å². The molecule has 6 aliphatic rings. The molecule has 3 aromatic carbocycles. The van der Waals surface area contributed by atoms with Crippen molar-refractivity contribution in [2.24, 2.45) is 5.92 Å². The predicted octanol–water partition coefficient (Wildman–Crippen LogP) is 12.0. The number of pyridine rings is 1. The second-order valence-corrected chi connectivity index (χ2v) is 20.6. The highest BCUT2D eigenvalue weighted by Gasteiger charge is 2.93. The summed E-state index contributed by atoms with van der Waals surface area (Å²) in [6.07, 6.45) is 13.6. The fourth-order valence-corrected chi connectivity index (χ4v) is 14.2. The maximum absolute atomic E-state index is 3.11. The SMILES string of the molecule is CC(C)C1=[N+](C2CCCCC2)C2(C3c4ccc5c(c4-c4cc(C(C)(C)C)c6ccccc6[n+]4C32)-c2sc3ccccc3c2C5(C)C)N1C1CCCCC1. The number of benzene rings is 3. The Morgan fingerprint density at radius 3 is 2.19 bits per heavy atom. The number of nitrogens with zero attached hydrogens (tertiary/aromatic N) is 3. The van der Waals surface area contributed by atoms with E-state index in [-0.39, 0.29) is 16.5 Å². The van der Waals surface area contributed by atoms with Gasteiger partial charge in [-0.3, -0.25) is 0 Å². The van der Waals surface area contributed by atoms with Crippen LogP contribution >= 0.6 is 11.3 Å². The van der Waals surface area contributed by atoms with Gasteiger partial charge in [0, 0.05) is 32.7 Å². The predicted molar refractivity (Wildman–Crippen MR) is 221 cm³/mol. The Bertz CT molecular complexity index is 2390. The summed E-state index contributed by atoms with van der Waals surface area (Å²) in [4.78, 5) is 4.63. The number of aromatic nitrogens is 1. The Hall–Kier alpha value is -3.50. The van der Waals surface area contributed by atoms with Gasteiger partial charge in [-0.15, -0.1) is 11.3 Å². The lowest BCUT2D eigenvalue weighted by Gasteiger charge is -2.48. The number of para-hydroxylation sites is 1. The van der Waals surface area contributed by atoms with Crippen molar-refractivity contribution in [3.8, 4) is 21.7 Å². The molecule has 3 nitrogen and oxygen atoms in total. The van der Waals surface area contributed by atoms with Gasteiger partial charge in [0.1, 0.15) is 18.0 Å². The van der Waals surface area contributed by atoms with E-state index in [2.05, 4.69) is 129 Å². The fourth-order valence-electron chi connectivity index (χ4n) is 12.7. The van der Waals surface area contributed by atoms with Gasteiger partial charge in [-0.05, 0) is 96.6 Å². The molecule has 4 heterocycles. The Labute approximate surface area is 320 Å². The van der Waals surface area contributed by atoms with Gasteiger partial charge >= 0.3 is 5.66 Å². The second-order valence-electron chi connectivity index (χ2n) is 19.5. The number of amidine groups is 1. The van der Waals surface area contributed by atoms with Crippen molar-refractivity contribution in [3.63, 3.8) is 0 Å². The molecule has 3 saturated carbocycles. The molecule has 0 amide bonds. The minimum Gasteiger partial charge on any atom is -0.213 e. The van der Waals surface area contributed by atoms with Crippen LogP contribution in [0.5, 0.6) is 0 Å². The lowest BCUT2D eigenvalue weighted by atomic mass is 9.78. The summed E-state index contributed by atoms with van der Waals surface area (Å²) in [6, 6.07) is 28.3. The molecule has 0 N–H and O–H groups in total. The second kappa shape index (κ2) is 11.1. The van der Waals surface area contributed by atoms with Crippen LogP contribution in [0.2, 0.25) is 0 Å². The maximum atomic E-state index is 3.11. The molecule has 272 valence electrons. The average molecular weight is 720 g/mol. The van der Waals surface area contributed by atoms with Crippen LogP contribution in [0.15, 0.2) is 66.7 Å². The number of hydrogen-bond donors (Lipinski definition) is 0. The van der Waals surface area contributed by atoms with Gasteiger partial charge in [-0.25, -0.2) is 9.48 Å². The van der Waals surface area contributed by atoms with Crippen molar-refractivity contribution < 1.29 is 9.14 Å². The minimum atomic E-state index is -0.0523. The maximum Gasteiger partial charge on any atom is 0.321 e. The van der Waals surface area contributed by atoms with E-state index in [0.29, 0.717) is 30.0 Å². The van der Waals surface area contributed by atoms with Crippen LogP contribution in [-0.2, 0) is 10.8 Å². The van der Waals surface area contributed by atoms with Gasteiger partial charge in [-0.1, -0.05) is 104 Å². The lowest BCUT2D eigenvalue weighted by molar-refractivity contribution is -0.746. The molecule has 3 fully saturated rings. The first-order chi connectivity index (χ1) is 25.6. The topological polar surface area (TPSA) is 10.1 Å². The Balaban J connectivity index is 1.26. The van der Waals surface area contributed by atoms with E-state index in [1.807, 2.05) is 11.3 Å². The summed E-state index contributed by atoms with van der Waals surface area (Å²) in [5, 5.41) is 2.88. The summed E-state index contributed by atoms with van der Waals surface area (Å²) in [5.74, 6) is 2.64. The third-order valence-electron chi connectivity index (χ3n) is 14.8. The molecular formula is C49H57N3S+2. The number of thiophene rings is 1. The molecule has 0 radical (unpaired) electrons. The van der Waals surface area contributed by atoms with Gasteiger partial charge in [0.05, 0.1) is 16.9 Å². The van der Waals surface area contributed by atoms with Crippen molar-refractivity contribution >= 4 is 38.2 Å². The largest absolute Gasteiger partial charge is 0.321 e. The first-order valence-electron chi connectivity index (χ1n) is 21.2. The van der Waals surface area contributed by atoms with E-state index < -0.39 is 0 Å². The number of rotatable bonds is 3. The summed E-state index contributed by atoms with van der Waals surface area (Å²) >= 11 is 2.04. The van der Waals surface area contributed by atoms with Crippen molar-refractivity contribution in [2.45, 2.75) is 153 Å². The van der Waals surface area contributed by atoms with Crippen LogP contribution < -0.4 is 4.57 Å². The van der Waals surface area contributed by atoms with E-state index in [0.717, 1.165) is 0 Å². The number of hydrogen-bond acceptors (Lipinski definition) is 2. The fraction of sp³-hybridized carbons (Fsp3) is 0.510. The Morgan fingerprint density at radius 2 is 1.47 bits per heavy atom. The van der Waals surface area contributed by atoms with E-state index in [1.165, 1.54) is 112 Å². The van der Waals surface area contributed by atoms with Gasteiger partial charge in [0.15, 0.2) is 0 Å². The van der Waals surface area contributed by atoms with Crippen LogP contribution in [0.3, 0.4) is 0 Å². The molecule has 11 rings (SSSR count). The van der Waals surface area contributed by atoms with Crippen LogP contribution in [0.1, 0.15) is 147 Å². The first-order valence-corrected chi connectivity index (χ1v) is 22.0. The summed E-state index contributed by atoms with van der Waals surface area (Å²) in [5.41, 5.74) is 12.1. The third kappa shape index (κ3) is 4.12. The highest BCUT2D eigenvalue weighted by molar-refractivity contribution is 7.22. The molecule has 53 heavy (non-hydrogen) atoms. The minimum absolute atomic E-state index is 0.00828. The normalized spacial score (nSPS) is 26.2. The summed E-state index contributed by atoms with van der Waals surface area (Å²) < 4.78 is 7.47. The standard InChI is InChI=1S/C49H57N3S/c1-29(2)46-51(30-18-10-8-11-19-30)49(52(46)31-20-12-9-13-21-31)43-34-26-27-35-41(44-42(48(35,6)7)33-23-15-17-25-39(33)53-44)40(34)38-28-36(47(3,4)5)32-22-14-16-24-37(32)50(38)45(43)49/h14-17,22-31,43,45H,8-13,18-21H2,1-7H3/q+2. The van der Waals surface area contributed by atoms with Gasteiger partial charge in [-0.2, -0.15) is 4.57 Å². The smallest absolute Gasteiger partial charge is 0.213 e. The highest BCUT2D eigenvalue weighted by atomic mass is 32.1. The van der Waals surface area contributed by atoms with E-state index in [4.69, 9.17) is 0 Å². The molecule has 3 unspecified atom stereocenters. The Morgan fingerprint density at radius 1 is 0.792 bits per heavy atom.